The van der Waals surface area contributed by atoms with Crippen LogP contribution in [-0.4, -0.2) is 19.1 Å². The van der Waals surface area contributed by atoms with Gasteiger partial charge in [-0.1, -0.05) is 31.4 Å². The number of halogens is 1. The Bertz CT molecular complexity index is 393. The highest BCUT2D eigenvalue weighted by Gasteiger charge is 2.03. The van der Waals surface area contributed by atoms with E-state index in [1.807, 2.05) is 13.0 Å². The van der Waals surface area contributed by atoms with Crippen LogP contribution >= 0.6 is 11.6 Å². The molecule has 0 aromatic heterocycles. The first-order chi connectivity index (χ1) is 8.63. The van der Waals surface area contributed by atoms with E-state index in [9.17, 15) is 4.79 Å². The predicted octanol–water partition coefficient (Wildman–Crippen LogP) is 3.33. The van der Waals surface area contributed by atoms with Gasteiger partial charge in [-0.3, -0.25) is 4.79 Å². The lowest BCUT2D eigenvalue weighted by molar-refractivity contribution is -0.123. The maximum atomic E-state index is 11.5. The topological polar surface area (TPSA) is 38.3 Å². The number of aryl methyl sites for hydroxylation is 1. The minimum absolute atomic E-state index is 0.0488. The molecular weight excluding hydrogens is 250 g/mol. The summed E-state index contributed by atoms with van der Waals surface area (Å²) in [6, 6.07) is 5.36. The van der Waals surface area contributed by atoms with Gasteiger partial charge < -0.3 is 10.1 Å². The molecular formula is C14H20ClNO2. The quantitative estimate of drug-likeness (QED) is 0.771. The second-order valence-corrected chi connectivity index (χ2v) is 4.66. The Hall–Kier alpha value is -1.22. The van der Waals surface area contributed by atoms with Crippen molar-refractivity contribution in [3.63, 3.8) is 0 Å². The fraction of sp³-hybridized carbons (Fsp3) is 0.500. The molecule has 1 aromatic rings. The normalized spacial score (nSPS) is 10.2. The van der Waals surface area contributed by atoms with Crippen LogP contribution in [0, 0.1) is 6.92 Å². The van der Waals surface area contributed by atoms with Crippen molar-refractivity contribution in [3.05, 3.63) is 28.8 Å². The molecule has 0 aliphatic carbocycles. The van der Waals surface area contributed by atoms with Gasteiger partial charge >= 0.3 is 0 Å². The van der Waals surface area contributed by atoms with Crippen LogP contribution in [0.3, 0.4) is 0 Å². The van der Waals surface area contributed by atoms with Gasteiger partial charge in [0.2, 0.25) is 0 Å². The molecule has 0 unspecified atom stereocenters. The van der Waals surface area contributed by atoms with E-state index in [2.05, 4.69) is 12.2 Å². The van der Waals surface area contributed by atoms with Crippen LogP contribution in [0.5, 0.6) is 5.75 Å². The number of benzene rings is 1. The second kappa shape index (κ2) is 7.98. The van der Waals surface area contributed by atoms with E-state index in [0.717, 1.165) is 31.4 Å². The number of carbonyl (C=O) groups excluding carboxylic acids is 1. The van der Waals surface area contributed by atoms with Crippen molar-refractivity contribution in [2.75, 3.05) is 13.2 Å². The van der Waals surface area contributed by atoms with Crippen LogP contribution in [0.1, 0.15) is 31.7 Å². The molecule has 0 saturated heterocycles. The molecule has 1 N–H and O–H groups in total. The Labute approximate surface area is 113 Å². The maximum absolute atomic E-state index is 11.5. The predicted molar refractivity (Wildman–Crippen MR) is 74.2 cm³/mol. The van der Waals surface area contributed by atoms with Gasteiger partial charge in [-0.2, -0.15) is 0 Å². The van der Waals surface area contributed by atoms with E-state index in [1.54, 1.807) is 12.1 Å². The van der Waals surface area contributed by atoms with Crippen molar-refractivity contribution in [1.82, 2.24) is 5.32 Å². The highest BCUT2D eigenvalue weighted by atomic mass is 35.5. The fourth-order valence-corrected chi connectivity index (χ4v) is 1.63. The van der Waals surface area contributed by atoms with E-state index in [-0.39, 0.29) is 12.5 Å². The second-order valence-electron chi connectivity index (χ2n) is 4.26. The summed E-state index contributed by atoms with van der Waals surface area (Å²) in [5.41, 5.74) is 0.942. The van der Waals surface area contributed by atoms with Crippen molar-refractivity contribution >= 4 is 17.5 Å². The summed E-state index contributed by atoms with van der Waals surface area (Å²) in [5.74, 6) is 0.583. The molecule has 0 radical (unpaired) electrons. The summed E-state index contributed by atoms with van der Waals surface area (Å²) in [7, 11) is 0. The third-order valence-electron chi connectivity index (χ3n) is 2.60. The van der Waals surface area contributed by atoms with Gasteiger partial charge in [0.05, 0.1) is 0 Å². The average molecular weight is 270 g/mol. The molecule has 1 amide bonds. The molecule has 0 spiro atoms. The molecule has 1 aromatic carbocycles. The average Bonchev–Trinajstić information content (AvgIpc) is 2.36. The van der Waals surface area contributed by atoms with Gasteiger partial charge in [-0.15, -0.1) is 0 Å². The lowest BCUT2D eigenvalue weighted by Crippen LogP contribution is -2.29. The first-order valence-corrected chi connectivity index (χ1v) is 6.67. The van der Waals surface area contributed by atoms with Gasteiger partial charge in [0.15, 0.2) is 6.61 Å². The summed E-state index contributed by atoms with van der Waals surface area (Å²) in [4.78, 5) is 11.5. The molecule has 100 valence electrons. The van der Waals surface area contributed by atoms with Crippen molar-refractivity contribution in [1.29, 1.82) is 0 Å². The van der Waals surface area contributed by atoms with Crippen LogP contribution in [0.25, 0.3) is 0 Å². The van der Waals surface area contributed by atoms with Crippen molar-refractivity contribution in [2.24, 2.45) is 0 Å². The van der Waals surface area contributed by atoms with Gasteiger partial charge in [0, 0.05) is 11.6 Å². The lowest BCUT2D eigenvalue weighted by atomic mass is 10.2. The van der Waals surface area contributed by atoms with Gasteiger partial charge in [0.25, 0.3) is 5.91 Å². The van der Waals surface area contributed by atoms with Gasteiger partial charge in [0.1, 0.15) is 5.75 Å². The number of unbranched alkanes of at least 4 members (excludes halogenated alkanes) is 2. The SMILES string of the molecule is CCCCCNC(=O)COc1ccc(Cl)c(C)c1. The lowest BCUT2D eigenvalue weighted by Gasteiger charge is -2.08. The van der Waals surface area contributed by atoms with Crippen LogP contribution < -0.4 is 10.1 Å². The summed E-state index contributed by atoms with van der Waals surface area (Å²) >= 11 is 5.91. The molecule has 0 saturated carbocycles. The molecule has 4 heteroatoms. The van der Waals surface area contributed by atoms with Crippen molar-refractivity contribution in [3.8, 4) is 5.75 Å². The largest absolute Gasteiger partial charge is 0.484 e. The minimum atomic E-state index is -0.0845. The highest BCUT2D eigenvalue weighted by molar-refractivity contribution is 6.31. The molecule has 0 heterocycles. The van der Waals surface area contributed by atoms with Crippen LogP contribution in [0.15, 0.2) is 18.2 Å². The molecule has 0 fully saturated rings. The van der Waals surface area contributed by atoms with Gasteiger partial charge in [-0.05, 0) is 37.1 Å². The van der Waals surface area contributed by atoms with Crippen LogP contribution in [0.2, 0.25) is 5.02 Å². The smallest absolute Gasteiger partial charge is 0.257 e. The third kappa shape index (κ3) is 5.41. The standard InChI is InChI=1S/C14H20ClNO2/c1-3-4-5-8-16-14(17)10-18-12-6-7-13(15)11(2)9-12/h6-7,9H,3-5,8,10H2,1-2H3,(H,16,17). The summed E-state index contributed by atoms with van der Waals surface area (Å²) < 4.78 is 5.39. The van der Waals surface area contributed by atoms with E-state index in [4.69, 9.17) is 16.3 Å². The van der Waals surface area contributed by atoms with Gasteiger partial charge in [-0.25, -0.2) is 0 Å². The number of hydrogen-bond donors (Lipinski definition) is 1. The Morgan fingerprint density at radius 1 is 1.39 bits per heavy atom. The van der Waals surface area contributed by atoms with Crippen LogP contribution in [0.4, 0.5) is 0 Å². The Balaban J connectivity index is 2.27. The number of hydrogen-bond acceptors (Lipinski definition) is 2. The number of ether oxygens (including phenoxy) is 1. The first-order valence-electron chi connectivity index (χ1n) is 6.29. The number of rotatable bonds is 7. The Morgan fingerprint density at radius 2 is 2.17 bits per heavy atom. The molecule has 18 heavy (non-hydrogen) atoms. The summed E-state index contributed by atoms with van der Waals surface area (Å²) in [6.07, 6.45) is 3.30. The molecule has 0 bridgehead atoms. The zero-order valence-electron chi connectivity index (χ0n) is 11.0. The van der Waals surface area contributed by atoms with E-state index >= 15 is 0 Å². The zero-order valence-corrected chi connectivity index (χ0v) is 11.7. The molecule has 3 nitrogen and oxygen atoms in total. The minimum Gasteiger partial charge on any atom is -0.484 e. The van der Waals surface area contributed by atoms with E-state index in [1.165, 1.54) is 0 Å². The van der Waals surface area contributed by atoms with Crippen LogP contribution in [-0.2, 0) is 4.79 Å². The zero-order chi connectivity index (χ0) is 13.4. The molecule has 0 aliphatic heterocycles. The number of nitrogens with one attached hydrogen (secondary N) is 1. The Kier molecular flexibility index (Phi) is 6.58. The summed E-state index contributed by atoms with van der Waals surface area (Å²) in [6.45, 7) is 4.80. The van der Waals surface area contributed by atoms with E-state index in [0.29, 0.717) is 10.8 Å². The summed E-state index contributed by atoms with van der Waals surface area (Å²) in [5, 5.41) is 3.52. The Morgan fingerprint density at radius 3 is 2.83 bits per heavy atom. The first kappa shape index (κ1) is 14.8. The number of carbonyl (C=O) groups is 1. The monoisotopic (exact) mass is 269 g/mol. The number of amides is 1. The highest BCUT2D eigenvalue weighted by Crippen LogP contribution is 2.20. The molecule has 0 atom stereocenters. The molecule has 0 aliphatic rings. The molecule has 1 rings (SSSR count). The third-order valence-corrected chi connectivity index (χ3v) is 3.03. The van der Waals surface area contributed by atoms with Crippen molar-refractivity contribution < 1.29 is 9.53 Å². The maximum Gasteiger partial charge on any atom is 0.257 e. The van der Waals surface area contributed by atoms with Crippen molar-refractivity contribution in [2.45, 2.75) is 33.1 Å². The van der Waals surface area contributed by atoms with E-state index < -0.39 is 0 Å². The fourth-order valence-electron chi connectivity index (χ4n) is 1.51.